The maximum absolute atomic E-state index is 11.7. The first-order chi connectivity index (χ1) is 9.54. The molecule has 4 nitrogen and oxygen atoms in total. The van der Waals surface area contributed by atoms with Crippen LogP contribution in [0.3, 0.4) is 0 Å². The first-order valence-corrected chi connectivity index (χ1v) is 6.91. The van der Waals surface area contributed by atoms with Crippen LogP contribution in [0.2, 0.25) is 5.02 Å². The summed E-state index contributed by atoms with van der Waals surface area (Å²) in [6, 6.07) is 7.13. The largest absolute Gasteiger partial charge is 0.462 e. The predicted molar refractivity (Wildman–Crippen MR) is 78.6 cm³/mol. The van der Waals surface area contributed by atoms with E-state index >= 15 is 0 Å². The molecule has 5 heteroatoms. The number of halogens is 1. The summed E-state index contributed by atoms with van der Waals surface area (Å²) in [5.41, 5.74) is 3.07. The average Bonchev–Trinajstić information content (AvgIpc) is 2.72. The van der Waals surface area contributed by atoms with Crippen molar-refractivity contribution in [2.24, 2.45) is 0 Å². The fourth-order valence-electron chi connectivity index (χ4n) is 1.89. The highest BCUT2D eigenvalue weighted by molar-refractivity contribution is 6.31. The molecular formula is C15H17ClN2O2. The maximum atomic E-state index is 11.7. The van der Waals surface area contributed by atoms with Crippen molar-refractivity contribution in [1.29, 1.82) is 0 Å². The highest BCUT2D eigenvalue weighted by atomic mass is 35.5. The third kappa shape index (κ3) is 2.85. The number of hydrogen-bond donors (Lipinski definition) is 0. The number of benzene rings is 1. The summed E-state index contributed by atoms with van der Waals surface area (Å²) < 4.78 is 6.85. The molecule has 2 aromatic rings. The molecule has 1 aromatic heterocycles. The molecule has 0 aliphatic rings. The highest BCUT2D eigenvalue weighted by Crippen LogP contribution is 2.22. The Morgan fingerprint density at radius 3 is 2.45 bits per heavy atom. The summed E-state index contributed by atoms with van der Waals surface area (Å²) >= 11 is 6.13. The van der Waals surface area contributed by atoms with Crippen LogP contribution in [0.1, 0.15) is 35.1 Å². The molecule has 0 amide bonds. The van der Waals surface area contributed by atoms with Gasteiger partial charge in [-0.05, 0) is 44.5 Å². The summed E-state index contributed by atoms with van der Waals surface area (Å²) in [7, 11) is 0. The molecule has 0 aliphatic carbocycles. The van der Waals surface area contributed by atoms with Crippen LogP contribution in [0.25, 0.3) is 5.69 Å². The minimum atomic E-state index is -0.301. The van der Waals surface area contributed by atoms with Gasteiger partial charge in [-0.25, -0.2) is 9.48 Å². The Labute approximate surface area is 123 Å². The van der Waals surface area contributed by atoms with E-state index in [1.807, 2.05) is 32.9 Å². The standard InChI is InChI=1S/C15H17ClN2O2/c1-4-9-20-15(19)12-5-7-13(8-6-12)18-11(3)14(16)10(2)17-18/h5-8H,4,9H2,1-3H3. The smallest absolute Gasteiger partial charge is 0.338 e. The lowest BCUT2D eigenvalue weighted by Gasteiger charge is -2.06. The molecule has 2 rings (SSSR count). The molecule has 0 radical (unpaired) electrons. The molecule has 0 saturated carbocycles. The van der Waals surface area contributed by atoms with E-state index in [-0.39, 0.29) is 5.97 Å². The van der Waals surface area contributed by atoms with Crippen LogP contribution >= 0.6 is 11.6 Å². The quantitative estimate of drug-likeness (QED) is 0.807. The zero-order chi connectivity index (χ0) is 14.7. The van der Waals surface area contributed by atoms with Crippen molar-refractivity contribution in [2.75, 3.05) is 6.61 Å². The van der Waals surface area contributed by atoms with Crippen molar-refractivity contribution in [1.82, 2.24) is 9.78 Å². The van der Waals surface area contributed by atoms with Gasteiger partial charge in [0.15, 0.2) is 0 Å². The molecule has 0 unspecified atom stereocenters. The predicted octanol–water partition coefficient (Wildman–Crippen LogP) is 3.71. The lowest BCUT2D eigenvalue weighted by atomic mass is 10.2. The number of rotatable bonds is 4. The van der Waals surface area contributed by atoms with Crippen LogP contribution in [0.5, 0.6) is 0 Å². The van der Waals surface area contributed by atoms with Crippen molar-refractivity contribution in [2.45, 2.75) is 27.2 Å². The van der Waals surface area contributed by atoms with Gasteiger partial charge in [0.2, 0.25) is 0 Å². The van der Waals surface area contributed by atoms with Crippen LogP contribution in [0.15, 0.2) is 24.3 Å². The number of carbonyl (C=O) groups is 1. The number of carbonyl (C=O) groups excluding carboxylic acids is 1. The van der Waals surface area contributed by atoms with Gasteiger partial charge in [-0.2, -0.15) is 5.10 Å². The summed E-state index contributed by atoms with van der Waals surface area (Å²) in [5, 5.41) is 5.04. The Balaban J connectivity index is 2.24. The summed E-state index contributed by atoms with van der Waals surface area (Å²) in [4.78, 5) is 11.7. The lowest BCUT2D eigenvalue weighted by Crippen LogP contribution is -2.06. The summed E-state index contributed by atoms with van der Waals surface area (Å²) in [6.45, 7) is 6.17. The van der Waals surface area contributed by atoms with Crippen molar-refractivity contribution in [3.8, 4) is 5.69 Å². The monoisotopic (exact) mass is 292 g/mol. The number of aryl methyl sites for hydroxylation is 1. The normalized spacial score (nSPS) is 10.6. The summed E-state index contributed by atoms with van der Waals surface area (Å²) in [6.07, 6.45) is 0.814. The van der Waals surface area contributed by atoms with Crippen molar-refractivity contribution in [3.63, 3.8) is 0 Å². The molecule has 0 bridgehead atoms. The first kappa shape index (κ1) is 14.6. The molecule has 1 aromatic carbocycles. The van der Waals surface area contributed by atoms with Gasteiger partial charge >= 0.3 is 5.97 Å². The van der Waals surface area contributed by atoms with Gasteiger partial charge in [0.1, 0.15) is 0 Å². The van der Waals surface area contributed by atoms with Gasteiger partial charge in [-0.3, -0.25) is 0 Å². The molecule has 0 N–H and O–H groups in total. The number of ether oxygens (including phenoxy) is 1. The highest BCUT2D eigenvalue weighted by Gasteiger charge is 2.12. The molecule has 0 aliphatic heterocycles. The lowest BCUT2D eigenvalue weighted by molar-refractivity contribution is 0.0505. The van der Waals surface area contributed by atoms with Gasteiger partial charge in [0.25, 0.3) is 0 Å². The van der Waals surface area contributed by atoms with Crippen LogP contribution in [-0.4, -0.2) is 22.4 Å². The molecule has 0 saturated heterocycles. The second-order valence-electron chi connectivity index (χ2n) is 4.58. The SMILES string of the molecule is CCCOC(=O)c1ccc(-n2nc(C)c(Cl)c2C)cc1. The van der Waals surface area contributed by atoms with E-state index in [0.29, 0.717) is 17.2 Å². The third-order valence-electron chi connectivity index (χ3n) is 2.99. The maximum Gasteiger partial charge on any atom is 0.338 e. The van der Waals surface area contributed by atoms with E-state index in [2.05, 4.69) is 5.10 Å². The van der Waals surface area contributed by atoms with E-state index in [9.17, 15) is 4.79 Å². The van der Waals surface area contributed by atoms with E-state index < -0.39 is 0 Å². The fourth-order valence-corrected chi connectivity index (χ4v) is 2.01. The van der Waals surface area contributed by atoms with Crippen molar-refractivity contribution < 1.29 is 9.53 Å². The van der Waals surface area contributed by atoms with E-state index in [1.165, 1.54) is 0 Å². The molecule has 0 atom stereocenters. The van der Waals surface area contributed by atoms with Gasteiger partial charge in [0.05, 0.1) is 34.3 Å². The zero-order valence-electron chi connectivity index (χ0n) is 11.8. The van der Waals surface area contributed by atoms with Crippen molar-refractivity contribution in [3.05, 3.63) is 46.2 Å². The minimum Gasteiger partial charge on any atom is -0.462 e. The van der Waals surface area contributed by atoms with Crippen molar-refractivity contribution >= 4 is 17.6 Å². The second-order valence-corrected chi connectivity index (χ2v) is 4.96. The Kier molecular flexibility index (Phi) is 4.45. The van der Waals surface area contributed by atoms with Gasteiger partial charge in [-0.1, -0.05) is 18.5 Å². The Bertz CT molecular complexity index is 618. The summed E-state index contributed by atoms with van der Waals surface area (Å²) in [5.74, 6) is -0.301. The minimum absolute atomic E-state index is 0.301. The topological polar surface area (TPSA) is 44.1 Å². The molecule has 1 heterocycles. The molecule has 20 heavy (non-hydrogen) atoms. The van der Waals surface area contributed by atoms with E-state index in [4.69, 9.17) is 16.3 Å². The van der Waals surface area contributed by atoms with Gasteiger partial charge < -0.3 is 4.74 Å². The zero-order valence-corrected chi connectivity index (χ0v) is 12.6. The van der Waals surface area contributed by atoms with Gasteiger partial charge in [-0.15, -0.1) is 0 Å². The van der Waals surface area contributed by atoms with Crippen LogP contribution < -0.4 is 0 Å². The Hall–Kier alpha value is -1.81. The fraction of sp³-hybridized carbons (Fsp3) is 0.333. The second kappa shape index (κ2) is 6.09. The molecule has 0 fully saturated rings. The average molecular weight is 293 g/mol. The molecular weight excluding hydrogens is 276 g/mol. The third-order valence-corrected chi connectivity index (χ3v) is 3.53. The van der Waals surface area contributed by atoms with Crippen LogP contribution in [0.4, 0.5) is 0 Å². The molecule has 106 valence electrons. The first-order valence-electron chi connectivity index (χ1n) is 6.54. The van der Waals surface area contributed by atoms with Crippen LogP contribution in [-0.2, 0) is 4.74 Å². The number of hydrogen-bond acceptors (Lipinski definition) is 3. The number of nitrogens with zero attached hydrogens (tertiary/aromatic N) is 2. The van der Waals surface area contributed by atoms with E-state index in [1.54, 1.807) is 16.8 Å². The number of aromatic nitrogens is 2. The van der Waals surface area contributed by atoms with Gasteiger partial charge in [0, 0.05) is 0 Å². The van der Waals surface area contributed by atoms with Crippen LogP contribution in [0, 0.1) is 13.8 Å². The number of esters is 1. The Morgan fingerprint density at radius 1 is 1.30 bits per heavy atom. The molecule has 0 spiro atoms. The van der Waals surface area contributed by atoms with E-state index in [0.717, 1.165) is 23.5 Å². The Morgan fingerprint density at radius 2 is 1.95 bits per heavy atom.